The fraction of sp³-hybridized carbons (Fsp3) is 0.227. The molecule has 2 unspecified atom stereocenters. The molecule has 3 rings (SSSR count). The molecule has 1 aliphatic rings. The summed E-state index contributed by atoms with van der Waals surface area (Å²) in [6, 6.07) is 13.7. The van der Waals surface area contributed by atoms with Crippen LogP contribution in [-0.2, 0) is 11.2 Å². The number of carbonyl (C=O) groups excluding carboxylic acids is 1. The van der Waals surface area contributed by atoms with Gasteiger partial charge in [0.25, 0.3) is 0 Å². The van der Waals surface area contributed by atoms with Gasteiger partial charge in [0, 0.05) is 10.7 Å². The molecular weight excluding hydrogens is 362 g/mol. The van der Waals surface area contributed by atoms with E-state index in [1.807, 2.05) is 36.4 Å². The molecule has 1 amide bonds. The van der Waals surface area contributed by atoms with Crippen molar-refractivity contribution in [2.24, 2.45) is 5.92 Å². The summed E-state index contributed by atoms with van der Waals surface area (Å²) in [6.45, 7) is -0.248. The molecule has 5 heteroatoms. The lowest BCUT2D eigenvalue weighted by Gasteiger charge is -2.33. The number of anilines is 1. The molecule has 2 atom stereocenters. The first-order chi connectivity index (χ1) is 13.1. The Labute approximate surface area is 164 Å². The molecule has 27 heavy (non-hydrogen) atoms. The van der Waals surface area contributed by atoms with Gasteiger partial charge in [0.1, 0.15) is 5.75 Å². The fourth-order valence-electron chi connectivity index (χ4n) is 3.19. The molecule has 0 fully saturated rings. The van der Waals surface area contributed by atoms with Crippen LogP contribution in [0.4, 0.5) is 5.69 Å². The zero-order valence-corrected chi connectivity index (χ0v) is 15.6. The van der Waals surface area contributed by atoms with Crippen LogP contribution in [0.5, 0.6) is 5.75 Å². The SMILES string of the molecule is O=C(C(CO)Cc1ccc(Cl)cc1)N(c1ccc(O)cc1)C1C=CC=CC1. The monoisotopic (exact) mass is 383 g/mol. The van der Waals surface area contributed by atoms with Crippen LogP contribution in [0.1, 0.15) is 12.0 Å². The Morgan fingerprint density at radius 1 is 1.11 bits per heavy atom. The number of aromatic hydroxyl groups is 1. The topological polar surface area (TPSA) is 60.8 Å². The minimum Gasteiger partial charge on any atom is -0.508 e. The number of aliphatic hydroxyl groups excluding tert-OH is 1. The molecule has 2 aromatic carbocycles. The number of phenols is 1. The first-order valence-electron chi connectivity index (χ1n) is 8.89. The molecule has 2 aromatic rings. The van der Waals surface area contributed by atoms with Crippen molar-refractivity contribution in [3.63, 3.8) is 0 Å². The van der Waals surface area contributed by atoms with E-state index in [0.717, 1.165) is 5.56 Å². The average molecular weight is 384 g/mol. The molecule has 0 bridgehead atoms. The molecule has 0 saturated carbocycles. The Morgan fingerprint density at radius 3 is 2.41 bits per heavy atom. The number of phenolic OH excluding ortho intramolecular Hbond substituents is 1. The van der Waals surface area contributed by atoms with Crippen LogP contribution in [0, 0.1) is 5.92 Å². The van der Waals surface area contributed by atoms with E-state index in [1.54, 1.807) is 41.3 Å². The van der Waals surface area contributed by atoms with Crippen LogP contribution in [-0.4, -0.2) is 28.8 Å². The Hall–Kier alpha value is -2.56. The van der Waals surface area contributed by atoms with Gasteiger partial charge in [-0.2, -0.15) is 0 Å². The van der Waals surface area contributed by atoms with E-state index in [2.05, 4.69) is 0 Å². The maximum Gasteiger partial charge on any atom is 0.233 e. The summed E-state index contributed by atoms with van der Waals surface area (Å²) in [7, 11) is 0. The highest BCUT2D eigenvalue weighted by molar-refractivity contribution is 6.30. The number of allylic oxidation sites excluding steroid dienone is 2. The molecule has 2 N–H and O–H groups in total. The van der Waals surface area contributed by atoms with Gasteiger partial charge in [-0.05, 0) is 54.8 Å². The van der Waals surface area contributed by atoms with Crippen LogP contribution < -0.4 is 4.90 Å². The molecule has 4 nitrogen and oxygen atoms in total. The average Bonchev–Trinajstić information content (AvgIpc) is 2.70. The lowest BCUT2D eigenvalue weighted by atomic mass is 9.96. The van der Waals surface area contributed by atoms with Gasteiger partial charge in [0.15, 0.2) is 0 Å². The quantitative estimate of drug-likeness (QED) is 0.789. The molecule has 0 radical (unpaired) electrons. The predicted octanol–water partition coefficient (Wildman–Crippen LogP) is 4.11. The van der Waals surface area contributed by atoms with Gasteiger partial charge in [-0.1, -0.05) is 48.0 Å². The number of hydrogen-bond donors (Lipinski definition) is 2. The van der Waals surface area contributed by atoms with Crippen LogP contribution >= 0.6 is 11.6 Å². The maximum atomic E-state index is 13.3. The zero-order valence-electron chi connectivity index (χ0n) is 14.8. The highest BCUT2D eigenvalue weighted by Crippen LogP contribution is 2.27. The van der Waals surface area contributed by atoms with Gasteiger partial charge in [-0.3, -0.25) is 4.79 Å². The van der Waals surface area contributed by atoms with Gasteiger partial charge >= 0.3 is 0 Å². The summed E-state index contributed by atoms with van der Waals surface area (Å²) in [5, 5.41) is 20.1. The summed E-state index contributed by atoms with van der Waals surface area (Å²) in [5.74, 6) is -0.576. The number of hydrogen-bond acceptors (Lipinski definition) is 3. The lowest BCUT2D eigenvalue weighted by molar-refractivity contribution is -0.123. The van der Waals surface area contributed by atoms with Gasteiger partial charge in [-0.25, -0.2) is 0 Å². The number of nitrogens with zero attached hydrogens (tertiary/aromatic N) is 1. The standard InChI is InChI=1S/C22H22ClNO3/c23-18-8-6-16(7-9-18)14-17(15-25)22(27)24(19-4-2-1-3-5-19)20-10-12-21(26)13-11-20/h1-4,6-13,17,19,25-26H,5,14-15H2. The molecule has 0 heterocycles. The Balaban J connectivity index is 1.88. The van der Waals surface area contributed by atoms with E-state index >= 15 is 0 Å². The van der Waals surface area contributed by atoms with E-state index in [1.165, 1.54) is 0 Å². The van der Waals surface area contributed by atoms with E-state index in [9.17, 15) is 15.0 Å². The zero-order chi connectivity index (χ0) is 19.2. The van der Waals surface area contributed by atoms with Crippen LogP contribution in [0.2, 0.25) is 5.02 Å². The van der Waals surface area contributed by atoms with Gasteiger partial charge in [0.2, 0.25) is 5.91 Å². The van der Waals surface area contributed by atoms with Crippen molar-refractivity contribution in [2.75, 3.05) is 11.5 Å². The normalized spacial score (nSPS) is 16.9. The summed E-state index contributed by atoms with van der Waals surface area (Å²) in [6.07, 6.45) is 8.98. The first-order valence-corrected chi connectivity index (χ1v) is 9.27. The van der Waals surface area contributed by atoms with Gasteiger partial charge < -0.3 is 15.1 Å². The number of halogens is 1. The van der Waals surface area contributed by atoms with Crippen molar-refractivity contribution in [3.8, 4) is 5.75 Å². The van der Waals surface area contributed by atoms with Crippen molar-refractivity contribution in [3.05, 3.63) is 83.4 Å². The van der Waals surface area contributed by atoms with Gasteiger partial charge in [-0.15, -0.1) is 0 Å². The number of amides is 1. The third-order valence-corrected chi connectivity index (χ3v) is 4.87. The third kappa shape index (κ3) is 4.79. The second-order valence-electron chi connectivity index (χ2n) is 6.55. The summed E-state index contributed by atoms with van der Waals surface area (Å²) >= 11 is 5.93. The molecule has 0 aliphatic heterocycles. The largest absolute Gasteiger partial charge is 0.508 e. The molecule has 140 valence electrons. The maximum absolute atomic E-state index is 13.3. The second kappa shape index (κ2) is 8.89. The van der Waals surface area contributed by atoms with E-state index in [-0.39, 0.29) is 24.3 Å². The van der Waals surface area contributed by atoms with Crippen LogP contribution in [0.15, 0.2) is 72.8 Å². The van der Waals surface area contributed by atoms with Crippen molar-refractivity contribution >= 4 is 23.2 Å². The number of carbonyl (C=O) groups is 1. The number of aliphatic hydroxyl groups is 1. The highest BCUT2D eigenvalue weighted by Gasteiger charge is 2.29. The van der Waals surface area contributed by atoms with Crippen LogP contribution in [0.3, 0.4) is 0 Å². The summed E-state index contributed by atoms with van der Waals surface area (Å²) in [5.41, 5.74) is 1.63. The van der Waals surface area contributed by atoms with E-state index in [4.69, 9.17) is 11.6 Å². The smallest absolute Gasteiger partial charge is 0.233 e. The third-order valence-electron chi connectivity index (χ3n) is 4.62. The van der Waals surface area contributed by atoms with Crippen molar-refractivity contribution in [1.82, 2.24) is 0 Å². The molecule has 0 spiro atoms. The molecular formula is C22H22ClNO3. The van der Waals surface area contributed by atoms with Crippen molar-refractivity contribution in [2.45, 2.75) is 18.9 Å². The van der Waals surface area contributed by atoms with Crippen molar-refractivity contribution < 1.29 is 15.0 Å². The fourth-order valence-corrected chi connectivity index (χ4v) is 3.31. The number of benzene rings is 2. The lowest BCUT2D eigenvalue weighted by Crippen LogP contribution is -2.44. The Bertz CT molecular complexity index is 828. The second-order valence-corrected chi connectivity index (χ2v) is 6.99. The van der Waals surface area contributed by atoms with E-state index < -0.39 is 5.92 Å². The molecule has 1 aliphatic carbocycles. The molecule has 0 saturated heterocycles. The number of rotatable bonds is 6. The Morgan fingerprint density at radius 2 is 1.81 bits per heavy atom. The minimum absolute atomic E-state index is 0.133. The first kappa shape index (κ1) is 19.2. The summed E-state index contributed by atoms with van der Waals surface area (Å²) in [4.78, 5) is 15.1. The Kier molecular flexibility index (Phi) is 6.32. The van der Waals surface area contributed by atoms with Crippen molar-refractivity contribution in [1.29, 1.82) is 0 Å². The predicted molar refractivity (Wildman–Crippen MR) is 108 cm³/mol. The minimum atomic E-state index is -0.570. The highest BCUT2D eigenvalue weighted by atomic mass is 35.5. The summed E-state index contributed by atoms with van der Waals surface area (Å²) < 4.78 is 0. The van der Waals surface area contributed by atoms with Crippen LogP contribution in [0.25, 0.3) is 0 Å². The van der Waals surface area contributed by atoms with E-state index in [0.29, 0.717) is 23.6 Å². The van der Waals surface area contributed by atoms with Gasteiger partial charge in [0.05, 0.1) is 18.6 Å². The molecule has 0 aromatic heterocycles.